The molecule has 1 N–H and O–H groups in total. The van der Waals surface area contributed by atoms with E-state index in [0.717, 1.165) is 57.7 Å². The summed E-state index contributed by atoms with van der Waals surface area (Å²) in [6, 6.07) is 11.5. The van der Waals surface area contributed by atoms with Gasteiger partial charge in [-0.15, -0.1) is 0 Å². The van der Waals surface area contributed by atoms with E-state index in [-0.39, 0.29) is 37.1 Å². The zero-order valence-electron chi connectivity index (χ0n) is 25.1. The number of carbonyl (C=O) groups excluding carboxylic acids is 2. The number of hydrogen-bond donors (Lipinski definition) is 1. The van der Waals surface area contributed by atoms with Crippen LogP contribution >= 0.6 is 0 Å². The van der Waals surface area contributed by atoms with Crippen LogP contribution < -0.4 is 9.46 Å². The number of fused-ring (bicyclic) bond motifs is 6. The Morgan fingerprint density at radius 1 is 0.930 bits per heavy atom. The van der Waals surface area contributed by atoms with Crippen LogP contribution in [0.25, 0.3) is 22.2 Å². The minimum atomic E-state index is -4.08. The molecule has 230 valence electrons. The molecule has 3 heterocycles. The highest BCUT2D eigenvalue weighted by molar-refractivity contribution is 7.87. The highest BCUT2D eigenvalue weighted by Gasteiger charge is 2.35. The molecule has 4 bridgehead atoms. The molecule has 10 nitrogen and oxygen atoms in total. The molecule has 3 aromatic rings. The molecule has 1 aromatic heterocycles. The van der Waals surface area contributed by atoms with Crippen LogP contribution in [-0.4, -0.2) is 81.5 Å². The smallest absolute Gasteiger partial charge is 0.303 e. The Balaban J connectivity index is 1.59. The molecule has 1 fully saturated rings. The normalized spacial score (nSPS) is 22.3. The maximum Gasteiger partial charge on any atom is 0.303 e. The third-order valence-electron chi connectivity index (χ3n) is 9.34. The predicted octanol–water partition coefficient (Wildman–Crippen LogP) is 4.25. The monoisotopic (exact) mass is 608 g/mol. The van der Waals surface area contributed by atoms with Gasteiger partial charge in [-0.1, -0.05) is 25.3 Å². The Kier molecular flexibility index (Phi) is 8.23. The van der Waals surface area contributed by atoms with E-state index in [1.54, 1.807) is 31.2 Å². The van der Waals surface area contributed by atoms with Crippen LogP contribution in [0.4, 0.5) is 0 Å². The lowest BCUT2D eigenvalue weighted by Gasteiger charge is -2.26. The van der Waals surface area contributed by atoms with Gasteiger partial charge in [-0.25, -0.2) is 4.72 Å². The highest BCUT2D eigenvalue weighted by Crippen LogP contribution is 2.48. The van der Waals surface area contributed by atoms with Crippen LogP contribution in [0.5, 0.6) is 5.75 Å². The summed E-state index contributed by atoms with van der Waals surface area (Å²) in [5.41, 5.74) is 5.44. The van der Waals surface area contributed by atoms with Gasteiger partial charge in [0.25, 0.3) is 5.91 Å². The maximum atomic E-state index is 14.0. The minimum Gasteiger partial charge on any atom is -0.497 e. The molecule has 1 atom stereocenters. The van der Waals surface area contributed by atoms with Crippen molar-refractivity contribution in [2.45, 2.75) is 56.9 Å². The SMILES string of the molecule is COc1ccc2c(c1)C1CCn3c-2c(C2CCCCC2)c2ccc(cc23)C(=O)NS(=O)(=O)N(C)CCOCCN(C)C1=O. The maximum absolute atomic E-state index is 14.0. The number of likely N-dealkylation sites (N-methyl/N-ethyl adjacent to an activating group) is 2. The summed E-state index contributed by atoms with van der Waals surface area (Å²) in [6.45, 7) is 1.39. The Hall–Kier alpha value is -3.41. The van der Waals surface area contributed by atoms with Gasteiger partial charge >= 0.3 is 10.2 Å². The first-order chi connectivity index (χ1) is 20.7. The molecular formula is C32H40N4O6S. The van der Waals surface area contributed by atoms with E-state index < -0.39 is 16.1 Å². The quantitative estimate of drug-likeness (QED) is 0.466. The summed E-state index contributed by atoms with van der Waals surface area (Å²) in [7, 11) is 0.756. The van der Waals surface area contributed by atoms with Gasteiger partial charge in [-0.3, -0.25) is 9.59 Å². The van der Waals surface area contributed by atoms with Gasteiger partial charge in [0.2, 0.25) is 5.91 Å². The van der Waals surface area contributed by atoms with E-state index in [4.69, 9.17) is 9.47 Å². The summed E-state index contributed by atoms with van der Waals surface area (Å²) in [4.78, 5) is 29.0. The number of methoxy groups -OCH3 is 1. The van der Waals surface area contributed by atoms with E-state index in [2.05, 4.69) is 15.4 Å². The van der Waals surface area contributed by atoms with E-state index >= 15 is 0 Å². The topological polar surface area (TPSA) is 110 Å². The standard InChI is InChI=1S/C32H40N4O6S/c1-34-15-17-42-18-16-35(2)43(39,40)33-31(37)22-9-11-26-28(19-22)36-14-13-25(32(34)38)27-20-23(41-3)10-12-24(27)30(36)29(26)21-7-5-4-6-8-21/h9-12,19-21,25H,4-8,13-18H2,1-3H3,(H,33,37). The molecule has 2 amide bonds. The van der Waals surface area contributed by atoms with E-state index in [1.165, 1.54) is 19.0 Å². The van der Waals surface area contributed by atoms with Crippen molar-refractivity contribution in [3.63, 3.8) is 0 Å². The van der Waals surface area contributed by atoms with Crippen molar-refractivity contribution in [3.8, 4) is 17.0 Å². The summed E-state index contributed by atoms with van der Waals surface area (Å²) in [5, 5.41) is 1.08. The number of aromatic nitrogens is 1. The average Bonchev–Trinajstić information content (AvgIpc) is 3.23. The van der Waals surface area contributed by atoms with Gasteiger partial charge in [-0.2, -0.15) is 12.7 Å². The molecule has 2 aromatic carbocycles. The first kappa shape index (κ1) is 29.7. The highest BCUT2D eigenvalue weighted by atomic mass is 32.2. The van der Waals surface area contributed by atoms with Gasteiger partial charge in [0.1, 0.15) is 5.75 Å². The van der Waals surface area contributed by atoms with Crippen molar-refractivity contribution < 1.29 is 27.5 Å². The molecule has 3 aliphatic rings. The number of amides is 2. The summed E-state index contributed by atoms with van der Waals surface area (Å²) >= 11 is 0. The van der Waals surface area contributed by atoms with Crippen LogP contribution in [0.15, 0.2) is 36.4 Å². The molecule has 2 aliphatic heterocycles. The van der Waals surface area contributed by atoms with Crippen molar-refractivity contribution >= 4 is 32.9 Å². The lowest BCUT2D eigenvalue weighted by atomic mass is 9.80. The minimum absolute atomic E-state index is 0.00765. The van der Waals surface area contributed by atoms with Crippen molar-refractivity contribution in [2.75, 3.05) is 47.5 Å². The molecule has 1 aliphatic carbocycles. The number of carbonyl (C=O) groups is 2. The molecular weight excluding hydrogens is 568 g/mol. The van der Waals surface area contributed by atoms with Gasteiger partial charge in [0, 0.05) is 55.8 Å². The van der Waals surface area contributed by atoms with Crippen molar-refractivity contribution in [1.29, 1.82) is 0 Å². The summed E-state index contributed by atoms with van der Waals surface area (Å²) in [5.74, 6) is -0.00628. The summed E-state index contributed by atoms with van der Waals surface area (Å²) in [6.07, 6.45) is 6.27. The first-order valence-corrected chi connectivity index (χ1v) is 16.6. The third kappa shape index (κ3) is 5.54. The Morgan fingerprint density at radius 3 is 2.47 bits per heavy atom. The van der Waals surface area contributed by atoms with Crippen molar-refractivity contribution in [2.24, 2.45) is 0 Å². The molecule has 1 unspecified atom stereocenters. The second-order valence-electron chi connectivity index (χ2n) is 11.9. The molecule has 0 saturated heterocycles. The number of nitrogens with one attached hydrogen (secondary N) is 1. The predicted molar refractivity (Wildman–Crippen MR) is 165 cm³/mol. The number of hydrogen-bond acceptors (Lipinski definition) is 6. The molecule has 0 spiro atoms. The van der Waals surface area contributed by atoms with Gasteiger partial charge < -0.3 is 18.9 Å². The molecule has 43 heavy (non-hydrogen) atoms. The molecule has 6 rings (SSSR count). The largest absolute Gasteiger partial charge is 0.497 e. The lowest BCUT2D eigenvalue weighted by molar-refractivity contribution is -0.132. The fourth-order valence-corrected chi connectivity index (χ4v) is 7.76. The Bertz CT molecular complexity index is 1660. The van der Waals surface area contributed by atoms with Crippen molar-refractivity contribution in [1.82, 2.24) is 18.5 Å². The fourth-order valence-electron chi connectivity index (χ4n) is 6.93. The van der Waals surface area contributed by atoms with Gasteiger partial charge in [0.15, 0.2) is 0 Å². The second kappa shape index (κ2) is 11.9. The van der Waals surface area contributed by atoms with Gasteiger partial charge in [0.05, 0.1) is 31.9 Å². The number of aryl methyl sites for hydroxylation is 1. The third-order valence-corrected chi connectivity index (χ3v) is 10.8. The molecule has 11 heteroatoms. The zero-order chi connectivity index (χ0) is 30.3. The molecule has 1 saturated carbocycles. The zero-order valence-corrected chi connectivity index (χ0v) is 25.9. The lowest BCUT2D eigenvalue weighted by Crippen LogP contribution is -2.43. The van der Waals surface area contributed by atoms with Gasteiger partial charge in [-0.05, 0) is 66.6 Å². The number of ether oxygens (including phenoxy) is 2. The van der Waals surface area contributed by atoms with Crippen molar-refractivity contribution in [3.05, 3.63) is 53.1 Å². The van der Waals surface area contributed by atoms with E-state index in [9.17, 15) is 18.0 Å². The first-order valence-electron chi connectivity index (χ1n) is 15.1. The fraction of sp³-hybridized carbons (Fsp3) is 0.500. The van der Waals surface area contributed by atoms with Crippen LogP contribution in [-0.2, 0) is 26.3 Å². The van der Waals surface area contributed by atoms with Crippen LogP contribution in [0.2, 0.25) is 0 Å². The van der Waals surface area contributed by atoms with Crippen LogP contribution in [0, 0.1) is 0 Å². The Morgan fingerprint density at radius 2 is 1.70 bits per heavy atom. The summed E-state index contributed by atoms with van der Waals surface area (Å²) < 4.78 is 42.8. The number of rotatable bonds is 2. The second-order valence-corrected chi connectivity index (χ2v) is 13.7. The van der Waals surface area contributed by atoms with Crippen LogP contribution in [0.1, 0.15) is 71.8 Å². The van der Waals surface area contributed by atoms with Crippen LogP contribution in [0.3, 0.4) is 0 Å². The number of benzene rings is 2. The average molecular weight is 609 g/mol. The Labute approximate surface area is 253 Å². The van der Waals surface area contributed by atoms with E-state index in [0.29, 0.717) is 31.2 Å². The number of nitrogens with zero attached hydrogens (tertiary/aromatic N) is 3. The van der Waals surface area contributed by atoms with E-state index in [1.807, 2.05) is 18.2 Å². The molecule has 0 radical (unpaired) electrons.